The molecule has 0 fully saturated rings. The fraction of sp³-hybridized carbons (Fsp3) is 0.278. The predicted octanol–water partition coefficient (Wildman–Crippen LogP) is 3.97. The van der Waals surface area contributed by atoms with Crippen molar-refractivity contribution in [1.82, 2.24) is 14.8 Å². The van der Waals surface area contributed by atoms with E-state index in [1.54, 1.807) is 36.9 Å². The van der Waals surface area contributed by atoms with Crippen molar-refractivity contribution in [3.63, 3.8) is 0 Å². The molecule has 0 saturated carbocycles. The van der Waals surface area contributed by atoms with Crippen molar-refractivity contribution in [3.8, 4) is 5.75 Å². The van der Waals surface area contributed by atoms with E-state index in [-0.39, 0.29) is 24.1 Å². The molecule has 3 rings (SSSR count). The number of hydrogen-bond donors (Lipinski definition) is 1. The van der Waals surface area contributed by atoms with Crippen molar-refractivity contribution in [1.29, 1.82) is 0 Å². The Kier molecular flexibility index (Phi) is 5.02. The molecular formula is C18H17F3N4O2. The van der Waals surface area contributed by atoms with E-state index in [1.807, 2.05) is 0 Å². The number of halogens is 3. The molecule has 0 unspecified atom stereocenters. The normalized spacial score (nSPS) is 11.8. The molecule has 0 aliphatic carbocycles. The van der Waals surface area contributed by atoms with Gasteiger partial charge in [-0.05, 0) is 23.8 Å². The lowest BCUT2D eigenvalue weighted by molar-refractivity contribution is -0.274. The van der Waals surface area contributed by atoms with Crippen LogP contribution in [0.15, 0.2) is 42.7 Å². The average Bonchev–Trinajstić information content (AvgIpc) is 2.96. The number of ether oxygens (including phenoxy) is 1. The van der Waals surface area contributed by atoms with E-state index >= 15 is 0 Å². The van der Waals surface area contributed by atoms with E-state index in [9.17, 15) is 18.0 Å². The maximum Gasteiger partial charge on any atom is 0.573 e. The Morgan fingerprint density at radius 1 is 1.30 bits per heavy atom. The molecule has 0 spiro atoms. The molecule has 27 heavy (non-hydrogen) atoms. The van der Waals surface area contributed by atoms with Gasteiger partial charge < -0.3 is 10.1 Å². The van der Waals surface area contributed by atoms with Gasteiger partial charge in [0.05, 0.1) is 17.4 Å². The number of nitrogens with one attached hydrogen (secondary N) is 1. The van der Waals surface area contributed by atoms with E-state index in [1.165, 1.54) is 24.4 Å². The van der Waals surface area contributed by atoms with Gasteiger partial charge in [-0.15, -0.1) is 13.2 Å². The van der Waals surface area contributed by atoms with Crippen LogP contribution in [0.2, 0.25) is 0 Å². The summed E-state index contributed by atoms with van der Waals surface area (Å²) in [5.41, 5.74) is 1.21. The fourth-order valence-electron chi connectivity index (χ4n) is 2.46. The number of nitrogens with zero attached hydrogens (tertiary/aromatic N) is 3. The lowest BCUT2D eigenvalue weighted by Crippen LogP contribution is -2.18. The topological polar surface area (TPSA) is 69.0 Å². The van der Waals surface area contributed by atoms with Gasteiger partial charge in [0.2, 0.25) is 5.91 Å². The van der Waals surface area contributed by atoms with Gasteiger partial charge in [0.1, 0.15) is 11.6 Å². The second-order valence-electron chi connectivity index (χ2n) is 6.26. The van der Waals surface area contributed by atoms with E-state index in [2.05, 4.69) is 20.1 Å². The lowest BCUT2D eigenvalue weighted by atomic mass is 10.2. The molecule has 2 aromatic heterocycles. The second-order valence-corrected chi connectivity index (χ2v) is 6.26. The van der Waals surface area contributed by atoms with Crippen LogP contribution in [0.3, 0.4) is 0 Å². The van der Waals surface area contributed by atoms with Crippen LogP contribution in [0, 0.1) is 5.92 Å². The summed E-state index contributed by atoms with van der Waals surface area (Å²) < 4.78 is 42.6. The van der Waals surface area contributed by atoms with Gasteiger partial charge >= 0.3 is 6.36 Å². The van der Waals surface area contributed by atoms with Crippen molar-refractivity contribution < 1.29 is 22.7 Å². The molecule has 2 heterocycles. The first-order valence-corrected chi connectivity index (χ1v) is 8.19. The van der Waals surface area contributed by atoms with Crippen LogP contribution in [0.25, 0.3) is 10.9 Å². The van der Waals surface area contributed by atoms with E-state index in [4.69, 9.17) is 0 Å². The first kappa shape index (κ1) is 18.7. The summed E-state index contributed by atoms with van der Waals surface area (Å²) in [7, 11) is 0. The molecule has 142 valence electrons. The van der Waals surface area contributed by atoms with Gasteiger partial charge in [-0.25, -0.2) is 4.98 Å². The van der Waals surface area contributed by atoms with Gasteiger partial charge in [-0.1, -0.05) is 26.0 Å². The molecule has 0 saturated heterocycles. The number of carbonyl (C=O) groups is 1. The number of rotatable bonds is 5. The molecule has 1 N–H and O–H groups in total. The van der Waals surface area contributed by atoms with Crippen molar-refractivity contribution >= 4 is 22.6 Å². The molecule has 0 atom stereocenters. The van der Waals surface area contributed by atoms with Gasteiger partial charge in [-0.3, -0.25) is 9.48 Å². The van der Waals surface area contributed by atoms with Crippen molar-refractivity contribution in [3.05, 3.63) is 48.3 Å². The van der Waals surface area contributed by atoms with E-state index in [0.717, 1.165) is 0 Å². The van der Waals surface area contributed by atoms with Gasteiger partial charge in [0.15, 0.2) is 0 Å². The lowest BCUT2D eigenvalue weighted by Gasteiger charge is -2.10. The Hall–Kier alpha value is -3.10. The smallest absolute Gasteiger partial charge is 0.406 e. The highest BCUT2D eigenvalue weighted by Gasteiger charge is 2.31. The third-order valence-electron chi connectivity index (χ3n) is 3.72. The Balaban J connectivity index is 1.84. The van der Waals surface area contributed by atoms with Crippen LogP contribution in [-0.2, 0) is 11.3 Å². The Labute approximate surface area is 153 Å². The largest absolute Gasteiger partial charge is 0.573 e. The minimum absolute atomic E-state index is 0.167. The van der Waals surface area contributed by atoms with Gasteiger partial charge in [-0.2, -0.15) is 5.10 Å². The SMILES string of the molecule is CC(C)C(=O)Nc1nccc2nn(Cc3cccc(OC(F)(F)F)c3)cc12. The highest BCUT2D eigenvalue weighted by Crippen LogP contribution is 2.24. The summed E-state index contributed by atoms with van der Waals surface area (Å²) in [6.07, 6.45) is -1.52. The van der Waals surface area contributed by atoms with Crippen molar-refractivity contribution in [2.45, 2.75) is 26.8 Å². The van der Waals surface area contributed by atoms with Crippen LogP contribution in [0.1, 0.15) is 19.4 Å². The Morgan fingerprint density at radius 3 is 2.78 bits per heavy atom. The van der Waals surface area contributed by atoms with Crippen molar-refractivity contribution in [2.75, 3.05) is 5.32 Å². The molecule has 0 bridgehead atoms. The van der Waals surface area contributed by atoms with Gasteiger partial charge in [0.25, 0.3) is 0 Å². The number of amides is 1. The third-order valence-corrected chi connectivity index (χ3v) is 3.72. The van der Waals surface area contributed by atoms with Crippen LogP contribution in [0.4, 0.5) is 19.0 Å². The standard InChI is InChI=1S/C18H17F3N4O2/c1-11(2)17(26)23-16-14-10-25(24-15(14)6-7-22-16)9-12-4-3-5-13(8-12)27-18(19,20)21/h3-8,10-11H,9H2,1-2H3,(H,22,23,26). The highest BCUT2D eigenvalue weighted by atomic mass is 19.4. The molecule has 0 aliphatic rings. The number of fused-ring (bicyclic) bond motifs is 1. The van der Waals surface area contributed by atoms with E-state index in [0.29, 0.717) is 22.3 Å². The number of pyridine rings is 1. The summed E-state index contributed by atoms with van der Waals surface area (Å²) in [6, 6.07) is 7.39. The van der Waals surface area contributed by atoms with Crippen molar-refractivity contribution in [2.24, 2.45) is 5.92 Å². The number of alkyl halides is 3. The second kappa shape index (κ2) is 7.26. The molecule has 1 aromatic carbocycles. The van der Waals surface area contributed by atoms with Crippen LogP contribution in [-0.4, -0.2) is 27.0 Å². The summed E-state index contributed by atoms with van der Waals surface area (Å²) >= 11 is 0. The number of hydrogen-bond acceptors (Lipinski definition) is 4. The van der Waals surface area contributed by atoms with Gasteiger partial charge in [0, 0.05) is 18.3 Å². The highest BCUT2D eigenvalue weighted by molar-refractivity contribution is 5.99. The summed E-state index contributed by atoms with van der Waals surface area (Å²) in [4.78, 5) is 16.1. The molecule has 6 nitrogen and oxygen atoms in total. The third kappa shape index (κ3) is 4.75. The Bertz CT molecular complexity index is 967. The van der Waals surface area contributed by atoms with Crippen LogP contribution >= 0.6 is 0 Å². The Morgan fingerprint density at radius 2 is 2.07 bits per heavy atom. The first-order valence-electron chi connectivity index (χ1n) is 8.19. The molecule has 3 aromatic rings. The number of anilines is 1. The average molecular weight is 378 g/mol. The minimum atomic E-state index is -4.74. The first-order chi connectivity index (χ1) is 12.7. The summed E-state index contributed by atoms with van der Waals surface area (Å²) in [6.45, 7) is 3.78. The number of aromatic nitrogens is 3. The molecule has 1 amide bonds. The predicted molar refractivity (Wildman–Crippen MR) is 93.2 cm³/mol. The number of benzene rings is 1. The maximum atomic E-state index is 12.4. The van der Waals surface area contributed by atoms with Crippen LogP contribution < -0.4 is 10.1 Å². The molecule has 0 aliphatic heterocycles. The zero-order chi connectivity index (χ0) is 19.6. The minimum Gasteiger partial charge on any atom is -0.406 e. The monoisotopic (exact) mass is 378 g/mol. The van der Waals surface area contributed by atoms with Crippen LogP contribution in [0.5, 0.6) is 5.75 Å². The maximum absolute atomic E-state index is 12.4. The quantitative estimate of drug-likeness (QED) is 0.729. The fourth-order valence-corrected chi connectivity index (χ4v) is 2.46. The zero-order valence-corrected chi connectivity index (χ0v) is 14.6. The van der Waals surface area contributed by atoms with E-state index < -0.39 is 6.36 Å². The molecule has 9 heteroatoms. The zero-order valence-electron chi connectivity index (χ0n) is 14.6. The summed E-state index contributed by atoms with van der Waals surface area (Å²) in [5, 5.41) is 7.78. The molecular weight excluding hydrogens is 361 g/mol. The summed E-state index contributed by atoms with van der Waals surface area (Å²) in [5.74, 6) is -0.261. The number of carbonyl (C=O) groups excluding carboxylic acids is 1. The molecule has 0 radical (unpaired) electrons.